The first kappa shape index (κ1) is 21.8. The van der Waals surface area contributed by atoms with Gasteiger partial charge in [-0.25, -0.2) is 0 Å². The summed E-state index contributed by atoms with van der Waals surface area (Å²) in [6.07, 6.45) is -0.104. The van der Waals surface area contributed by atoms with Crippen LogP contribution in [0.4, 0.5) is 5.69 Å². The molecule has 1 heterocycles. The van der Waals surface area contributed by atoms with Crippen molar-refractivity contribution in [1.29, 1.82) is 0 Å². The second kappa shape index (κ2) is 9.75. The molecule has 9 heteroatoms. The molecule has 1 aliphatic rings. The molecule has 0 saturated carbocycles. The minimum absolute atomic E-state index is 0.0185. The minimum atomic E-state index is -0.764. The summed E-state index contributed by atoms with van der Waals surface area (Å²) in [4.78, 5) is 48.7. The molecule has 0 bridgehead atoms. The molecule has 31 heavy (non-hydrogen) atoms. The zero-order chi connectivity index (χ0) is 22.4. The summed E-state index contributed by atoms with van der Waals surface area (Å²) in [5.74, 6) is -2.14. The zero-order valence-electron chi connectivity index (χ0n) is 17.2. The van der Waals surface area contributed by atoms with Crippen molar-refractivity contribution >= 4 is 29.4 Å². The van der Waals surface area contributed by atoms with Gasteiger partial charge in [0.15, 0.2) is 6.61 Å². The van der Waals surface area contributed by atoms with Gasteiger partial charge in [-0.15, -0.1) is 0 Å². The Balaban J connectivity index is 1.46. The van der Waals surface area contributed by atoms with E-state index in [1.807, 2.05) is 6.92 Å². The van der Waals surface area contributed by atoms with E-state index in [1.165, 1.54) is 7.11 Å². The van der Waals surface area contributed by atoms with Crippen LogP contribution >= 0.6 is 0 Å². The van der Waals surface area contributed by atoms with Gasteiger partial charge in [0.1, 0.15) is 5.75 Å². The number of benzene rings is 2. The molecule has 1 aliphatic heterocycles. The van der Waals surface area contributed by atoms with E-state index in [0.717, 1.165) is 10.6 Å². The fourth-order valence-corrected chi connectivity index (χ4v) is 2.99. The molecule has 0 aliphatic carbocycles. The minimum Gasteiger partial charge on any atom is -0.497 e. The van der Waals surface area contributed by atoms with Gasteiger partial charge >= 0.3 is 5.97 Å². The van der Waals surface area contributed by atoms with E-state index in [4.69, 9.17) is 9.47 Å². The fraction of sp³-hybridized carbons (Fsp3) is 0.273. The van der Waals surface area contributed by atoms with Gasteiger partial charge in [0.05, 0.1) is 19.6 Å². The monoisotopic (exact) mass is 425 g/mol. The summed E-state index contributed by atoms with van der Waals surface area (Å²) in [7, 11) is 1.54. The van der Waals surface area contributed by atoms with Gasteiger partial charge in [-0.3, -0.25) is 29.6 Å². The number of rotatable bonds is 7. The van der Waals surface area contributed by atoms with Crippen molar-refractivity contribution in [3.05, 3.63) is 59.7 Å². The molecular formula is C22H23N3O6. The van der Waals surface area contributed by atoms with Crippen LogP contribution in [0.25, 0.3) is 0 Å². The molecule has 9 nitrogen and oxygen atoms in total. The third-order valence-corrected chi connectivity index (χ3v) is 4.73. The summed E-state index contributed by atoms with van der Waals surface area (Å²) in [6, 6.07) is 13.6. The van der Waals surface area contributed by atoms with Crippen LogP contribution in [0.15, 0.2) is 48.5 Å². The maximum atomic E-state index is 12.3. The molecule has 0 aromatic heterocycles. The van der Waals surface area contributed by atoms with E-state index >= 15 is 0 Å². The van der Waals surface area contributed by atoms with Crippen LogP contribution in [0.2, 0.25) is 0 Å². The molecule has 1 atom stereocenters. The standard InChI is InChI=1S/C22H23N3O6/c1-14-3-5-15(6-4-14)21(28)24-25-12-16(11-20(25)27)22(29)31-13-19(26)23-17-7-9-18(30-2)10-8-17/h3-10,16H,11-13H2,1-2H3,(H,23,26)(H,24,28)/t16-/m1/s1. The highest BCUT2D eigenvalue weighted by atomic mass is 16.5. The van der Waals surface area contributed by atoms with Crippen LogP contribution in [0.3, 0.4) is 0 Å². The van der Waals surface area contributed by atoms with E-state index in [2.05, 4.69) is 10.7 Å². The lowest BCUT2D eigenvalue weighted by Gasteiger charge is -2.17. The summed E-state index contributed by atoms with van der Waals surface area (Å²) in [6.45, 7) is 1.40. The number of nitrogens with zero attached hydrogens (tertiary/aromatic N) is 1. The highest BCUT2D eigenvalue weighted by Gasteiger charge is 2.36. The third kappa shape index (κ3) is 5.81. The van der Waals surface area contributed by atoms with Crippen molar-refractivity contribution in [2.75, 3.05) is 25.6 Å². The van der Waals surface area contributed by atoms with Crippen molar-refractivity contribution in [2.45, 2.75) is 13.3 Å². The number of anilines is 1. The SMILES string of the molecule is COc1ccc(NC(=O)COC(=O)[C@@H]2CC(=O)N(NC(=O)c3ccc(C)cc3)C2)cc1. The molecule has 3 rings (SSSR count). The Morgan fingerprint density at radius 2 is 1.74 bits per heavy atom. The molecule has 3 amide bonds. The predicted octanol–water partition coefficient (Wildman–Crippen LogP) is 1.68. The molecule has 2 aromatic rings. The lowest BCUT2D eigenvalue weighted by molar-refractivity contribution is -0.151. The number of carbonyl (C=O) groups is 4. The van der Waals surface area contributed by atoms with Crippen LogP contribution < -0.4 is 15.5 Å². The van der Waals surface area contributed by atoms with Gasteiger partial charge in [-0.05, 0) is 43.3 Å². The number of hydrazine groups is 1. The summed E-state index contributed by atoms with van der Waals surface area (Å²) >= 11 is 0. The van der Waals surface area contributed by atoms with Gasteiger partial charge in [-0.1, -0.05) is 17.7 Å². The first-order chi connectivity index (χ1) is 14.9. The molecule has 1 fully saturated rings. The second-order valence-electron chi connectivity index (χ2n) is 7.10. The van der Waals surface area contributed by atoms with Crippen molar-refractivity contribution in [3.8, 4) is 5.75 Å². The molecule has 1 saturated heterocycles. The average Bonchev–Trinajstić information content (AvgIpc) is 3.13. The second-order valence-corrected chi connectivity index (χ2v) is 7.10. The van der Waals surface area contributed by atoms with Crippen molar-refractivity contribution in [2.24, 2.45) is 5.92 Å². The smallest absolute Gasteiger partial charge is 0.311 e. The first-order valence-corrected chi connectivity index (χ1v) is 9.64. The Morgan fingerprint density at radius 3 is 2.39 bits per heavy atom. The molecule has 2 aromatic carbocycles. The van der Waals surface area contributed by atoms with Crippen molar-refractivity contribution in [3.63, 3.8) is 0 Å². The number of ether oxygens (including phenoxy) is 2. The number of amides is 3. The average molecular weight is 425 g/mol. The van der Waals surface area contributed by atoms with Gasteiger partial charge in [0.2, 0.25) is 5.91 Å². The highest BCUT2D eigenvalue weighted by molar-refractivity contribution is 5.97. The maximum absolute atomic E-state index is 12.3. The lowest BCUT2D eigenvalue weighted by Crippen LogP contribution is -2.43. The molecule has 162 valence electrons. The van der Waals surface area contributed by atoms with Crippen molar-refractivity contribution in [1.82, 2.24) is 10.4 Å². The largest absolute Gasteiger partial charge is 0.497 e. The first-order valence-electron chi connectivity index (χ1n) is 9.64. The van der Waals surface area contributed by atoms with Gasteiger partial charge < -0.3 is 14.8 Å². The maximum Gasteiger partial charge on any atom is 0.311 e. The molecule has 2 N–H and O–H groups in total. The van der Waals surface area contributed by atoms with Crippen LogP contribution in [0.1, 0.15) is 22.3 Å². The van der Waals surface area contributed by atoms with Gasteiger partial charge in [0, 0.05) is 17.7 Å². The number of methoxy groups -OCH3 is 1. The van der Waals surface area contributed by atoms with E-state index < -0.39 is 36.2 Å². The van der Waals surface area contributed by atoms with E-state index in [-0.39, 0.29) is 13.0 Å². The Morgan fingerprint density at radius 1 is 1.06 bits per heavy atom. The number of carbonyl (C=O) groups excluding carboxylic acids is 4. The summed E-state index contributed by atoms with van der Waals surface area (Å²) in [5.41, 5.74) is 4.44. The Labute approximate surface area is 179 Å². The number of hydrogen-bond donors (Lipinski definition) is 2. The molecule has 0 unspecified atom stereocenters. The molecule has 0 spiro atoms. The van der Waals surface area contributed by atoms with E-state index in [0.29, 0.717) is 17.0 Å². The number of esters is 1. The normalized spacial score (nSPS) is 15.4. The van der Waals surface area contributed by atoms with Crippen LogP contribution in [-0.2, 0) is 19.1 Å². The number of nitrogens with one attached hydrogen (secondary N) is 2. The van der Waals surface area contributed by atoms with Crippen LogP contribution in [0.5, 0.6) is 5.75 Å². The van der Waals surface area contributed by atoms with E-state index in [1.54, 1.807) is 48.5 Å². The highest BCUT2D eigenvalue weighted by Crippen LogP contribution is 2.18. The molecule has 0 radical (unpaired) electrons. The predicted molar refractivity (Wildman–Crippen MR) is 111 cm³/mol. The van der Waals surface area contributed by atoms with Crippen molar-refractivity contribution < 1.29 is 28.7 Å². The Bertz CT molecular complexity index is 972. The topological polar surface area (TPSA) is 114 Å². The summed E-state index contributed by atoms with van der Waals surface area (Å²) < 4.78 is 10.1. The quantitative estimate of drug-likeness (QED) is 0.653. The fourth-order valence-electron chi connectivity index (χ4n) is 2.99. The van der Waals surface area contributed by atoms with Gasteiger partial charge in [-0.2, -0.15) is 0 Å². The third-order valence-electron chi connectivity index (χ3n) is 4.73. The van der Waals surface area contributed by atoms with E-state index in [9.17, 15) is 19.2 Å². The lowest BCUT2D eigenvalue weighted by atomic mass is 10.1. The number of hydrogen-bond acceptors (Lipinski definition) is 6. The van der Waals surface area contributed by atoms with Crippen LogP contribution in [-0.4, -0.2) is 49.0 Å². The van der Waals surface area contributed by atoms with Crippen LogP contribution in [0, 0.1) is 12.8 Å². The van der Waals surface area contributed by atoms with Gasteiger partial charge in [0.25, 0.3) is 11.8 Å². The zero-order valence-corrected chi connectivity index (χ0v) is 17.2. The summed E-state index contributed by atoms with van der Waals surface area (Å²) in [5, 5.41) is 3.70. The number of aryl methyl sites for hydroxylation is 1. The Kier molecular flexibility index (Phi) is 6.86. The Hall–Kier alpha value is -3.88. The molecular weight excluding hydrogens is 402 g/mol.